The van der Waals surface area contributed by atoms with Crippen molar-refractivity contribution in [3.63, 3.8) is 0 Å². The first kappa shape index (κ1) is 17.5. The van der Waals surface area contributed by atoms with Crippen molar-refractivity contribution in [2.75, 3.05) is 6.61 Å². The van der Waals surface area contributed by atoms with Crippen LogP contribution < -0.4 is 15.3 Å². The first-order valence-corrected chi connectivity index (χ1v) is 8.84. The van der Waals surface area contributed by atoms with Gasteiger partial charge in [0.05, 0.1) is 10.9 Å². The van der Waals surface area contributed by atoms with Crippen LogP contribution in [0.1, 0.15) is 22.0 Å². The summed E-state index contributed by atoms with van der Waals surface area (Å²) in [7, 11) is 0. The number of halogens is 1. The lowest BCUT2D eigenvalue weighted by atomic mass is 10.1. The fourth-order valence-electron chi connectivity index (χ4n) is 2.38. The summed E-state index contributed by atoms with van der Waals surface area (Å²) in [5, 5.41) is 10.3. The van der Waals surface area contributed by atoms with E-state index in [2.05, 4.69) is 4.98 Å². The van der Waals surface area contributed by atoms with Gasteiger partial charge in [0.15, 0.2) is 0 Å². The third-order valence-electron chi connectivity index (χ3n) is 3.69. The molecule has 0 bridgehead atoms. The molecule has 0 aliphatic rings. The number of aromatic hydroxyl groups is 1. The van der Waals surface area contributed by atoms with Crippen LogP contribution in [0.25, 0.3) is 0 Å². The minimum Gasteiger partial charge on any atom is -0.494 e. The molecule has 0 spiro atoms. The number of nitrogens with two attached hydrogens (primary N) is 1. The van der Waals surface area contributed by atoms with Crippen LogP contribution in [0.5, 0.6) is 11.6 Å². The molecule has 0 fully saturated rings. The molecule has 1 aromatic heterocycles. The lowest BCUT2D eigenvalue weighted by molar-refractivity contribution is 0.290. The quantitative estimate of drug-likeness (QED) is 0.614. The number of aromatic nitrogens is 1. The molecular formula is C18H17ClN2O3S. The van der Waals surface area contributed by atoms with Gasteiger partial charge in [0.1, 0.15) is 12.4 Å². The van der Waals surface area contributed by atoms with Crippen molar-refractivity contribution >= 4 is 22.9 Å². The van der Waals surface area contributed by atoms with Gasteiger partial charge in [-0.2, -0.15) is 0 Å². The molecule has 0 aliphatic heterocycles. The summed E-state index contributed by atoms with van der Waals surface area (Å²) in [5.41, 5.74) is 8.01. The standard InChI is InChI=1S/C18H17ClN2O3S/c19-13-3-1-2-12(9-13)15(20)10-24-14-6-4-11(5-7-14)8-16-17(22)21-18(23)25-16/h1-7,9,15,22H,8,10,20H2,(H,21,23). The molecule has 0 aliphatic carbocycles. The van der Waals surface area contributed by atoms with E-state index in [9.17, 15) is 9.90 Å². The number of nitrogens with one attached hydrogen (secondary N) is 1. The zero-order valence-corrected chi connectivity index (χ0v) is 14.8. The Morgan fingerprint density at radius 3 is 2.64 bits per heavy atom. The van der Waals surface area contributed by atoms with Crippen molar-refractivity contribution in [2.24, 2.45) is 5.73 Å². The fourth-order valence-corrected chi connectivity index (χ4v) is 3.34. The molecule has 0 radical (unpaired) electrons. The van der Waals surface area contributed by atoms with Gasteiger partial charge in [-0.3, -0.25) is 9.78 Å². The maximum absolute atomic E-state index is 11.2. The highest BCUT2D eigenvalue weighted by Crippen LogP contribution is 2.22. The molecule has 25 heavy (non-hydrogen) atoms. The molecule has 3 rings (SSSR count). The van der Waals surface area contributed by atoms with Crippen molar-refractivity contribution in [3.05, 3.63) is 79.2 Å². The Hall–Kier alpha value is -2.28. The number of thiazole rings is 1. The Morgan fingerprint density at radius 1 is 1.24 bits per heavy atom. The summed E-state index contributed by atoms with van der Waals surface area (Å²) < 4.78 is 5.72. The van der Waals surface area contributed by atoms with Gasteiger partial charge in [-0.15, -0.1) is 0 Å². The molecular weight excluding hydrogens is 360 g/mol. The van der Waals surface area contributed by atoms with Crippen LogP contribution in [0, 0.1) is 0 Å². The normalized spacial score (nSPS) is 12.1. The largest absolute Gasteiger partial charge is 0.494 e. The number of rotatable bonds is 6. The number of H-pyrrole nitrogens is 1. The summed E-state index contributed by atoms with van der Waals surface area (Å²) in [4.78, 5) is 13.9. The molecule has 2 aromatic carbocycles. The minimum absolute atomic E-state index is 0.0668. The summed E-state index contributed by atoms with van der Waals surface area (Å²) in [6.07, 6.45) is 0.484. The van der Waals surface area contributed by atoms with E-state index in [0.29, 0.717) is 28.7 Å². The van der Waals surface area contributed by atoms with E-state index in [1.54, 1.807) is 6.07 Å². The second-order valence-electron chi connectivity index (χ2n) is 5.58. The van der Waals surface area contributed by atoms with Crippen LogP contribution in [0.3, 0.4) is 0 Å². The Balaban J connectivity index is 1.59. The van der Waals surface area contributed by atoms with E-state index in [1.165, 1.54) is 0 Å². The highest BCUT2D eigenvalue weighted by Gasteiger charge is 2.09. The maximum atomic E-state index is 11.2. The summed E-state index contributed by atoms with van der Waals surface area (Å²) in [5.74, 6) is 0.635. The van der Waals surface area contributed by atoms with E-state index >= 15 is 0 Å². The van der Waals surface area contributed by atoms with E-state index < -0.39 is 0 Å². The van der Waals surface area contributed by atoms with E-state index in [-0.39, 0.29) is 16.8 Å². The van der Waals surface area contributed by atoms with E-state index in [4.69, 9.17) is 22.1 Å². The van der Waals surface area contributed by atoms with E-state index in [0.717, 1.165) is 22.5 Å². The third kappa shape index (κ3) is 4.63. The smallest absolute Gasteiger partial charge is 0.307 e. The third-order valence-corrected chi connectivity index (χ3v) is 4.80. The van der Waals surface area contributed by atoms with Crippen LogP contribution in [0.2, 0.25) is 5.02 Å². The van der Waals surface area contributed by atoms with Gasteiger partial charge >= 0.3 is 4.87 Å². The maximum Gasteiger partial charge on any atom is 0.307 e. The lowest BCUT2D eigenvalue weighted by Crippen LogP contribution is -2.18. The van der Waals surface area contributed by atoms with Gasteiger partial charge in [-0.1, -0.05) is 47.2 Å². The summed E-state index contributed by atoms with van der Waals surface area (Å²) in [6.45, 7) is 0.333. The average molecular weight is 377 g/mol. The van der Waals surface area contributed by atoms with Gasteiger partial charge < -0.3 is 15.6 Å². The van der Waals surface area contributed by atoms with Gasteiger partial charge in [0, 0.05) is 11.4 Å². The zero-order valence-electron chi connectivity index (χ0n) is 13.2. The number of aromatic amines is 1. The Morgan fingerprint density at radius 2 is 2.00 bits per heavy atom. The molecule has 0 saturated carbocycles. The fraction of sp³-hybridized carbons (Fsp3) is 0.167. The molecule has 1 heterocycles. The van der Waals surface area contributed by atoms with Crippen molar-refractivity contribution in [1.29, 1.82) is 0 Å². The van der Waals surface area contributed by atoms with Crippen molar-refractivity contribution in [2.45, 2.75) is 12.5 Å². The highest BCUT2D eigenvalue weighted by molar-refractivity contribution is 7.09. The molecule has 3 aromatic rings. The SMILES string of the molecule is NC(COc1ccc(Cc2sc(=O)[nH]c2O)cc1)c1cccc(Cl)c1. The number of benzene rings is 2. The van der Waals surface area contributed by atoms with Crippen molar-refractivity contribution < 1.29 is 9.84 Å². The van der Waals surface area contributed by atoms with E-state index in [1.807, 2.05) is 42.5 Å². The predicted octanol–water partition coefficient (Wildman–Crippen LogP) is 3.47. The number of ether oxygens (including phenoxy) is 1. The predicted molar refractivity (Wildman–Crippen MR) is 99.7 cm³/mol. The molecule has 5 nitrogen and oxygen atoms in total. The number of hydrogen-bond acceptors (Lipinski definition) is 5. The zero-order chi connectivity index (χ0) is 17.8. The van der Waals surface area contributed by atoms with Crippen molar-refractivity contribution in [3.8, 4) is 11.6 Å². The van der Waals surface area contributed by atoms with Crippen LogP contribution in [0.4, 0.5) is 0 Å². The van der Waals surface area contributed by atoms with Gasteiger partial charge in [0.25, 0.3) is 0 Å². The second kappa shape index (κ2) is 7.74. The molecule has 1 atom stereocenters. The molecule has 130 valence electrons. The van der Waals surface area contributed by atoms with Gasteiger partial charge in [0.2, 0.25) is 5.88 Å². The molecule has 1 unspecified atom stereocenters. The van der Waals surface area contributed by atoms with Crippen LogP contribution in [0.15, 0.2) is 53.3 Å². The van der Waals surface area contributed by atoms with Crippen LogP contribution in [-0.2, 0) is 6.42 Å². The van der Waals surface area contributed by atoms with Crippen molar-refractivity contribution in [1.82, 2.24) is 4.98 Å². The monoisotopic (exact) mass is 376 g/mol. The molecule has 4 N–H and O–H groups in total. The topological polar surface area (TPSA) is 88.3 Å². The lowest BCUT2D eigenvalue weighted by Gasteiger charge is -2.14. The van der Waals surface area contributed by atoms with Crippen LogP contribution in [-0.4, -0.2) is 16.7 Å². The first-order valence-electron chi connectivity index (χ1n) is 7.65. The molecule has 0 saturated heterocycles. The molecule has 7 heteroatoms. The molecule has 0 amide bonds. The average Bonchev–Trinajstić information content (AvgIpc) is 2.91. The Bertz CT molecular complexity index is 905. The van der Waals surface area contributed by atoms with Gasteiger partial charge in [-0.25, -0.2) is 0 Å². The second-order valence-corrected chi connectivity index (χ2v) is 7.08. The Labute approximate surface area is 153 Å². The summed E-state index contributed by atoms with van der Waals surface area (Å²) >= 11 is 6.97. The number of hydrogen-bond donors (Lipinski definition) is 3. The van der Waals surface area contributed by atoms with Gasteiger partial charge in [-0.05, 0) is 35.4 Å². The first-order chi connectivity index (χ1) is 12.0. The highest BCUT2D eigenvalue weighted by atomic mass is 35.5. The summed E-state index contributed by atoms with van der Waals surface area (Å²) in [6, 6.07) is 14.6. The Kier molecular flexibility index (Phi) is 5.43. The van der Waals surface area contributed by atoms with Crippen LogP contribution >= 0.6 is 22.9 Å². The minimum atomic E-state index is -0.271.